The maximum Gasteiger partial charge on any atom is 0.269 e. The largest absolute Gasteiger partial charge is 0.496 e. The van der Waals surface area contributed by atoms with E-state index in [1.165, 1.54) is 0 Å². The zero-order chi connectivity index (χ0) is 17.4. The summed E-state index contributed by atoms with van der Waals surface area (Å²) < 4.78 is 10.6. The van der Waals surface area contributed by atoms with Gasteiger partial charge in [0.1, 0.15) is 5.75 Å². The number of hydrogen-bond donors (Lipinski definition) is 2. The molecule has 0 fully saturated rings. The molecular weight excluding hydrogens is 308 g/mol. The zero-order valence-electron chi connectivity index (χ0n) is 13.7. The molecule has 2 rings (SSSR count). The number of amides is 2. The van der Waals surface area contributed by atoms with Gasteiger partial charge in [-0.3, -0.25) is 20.4 Å². The minimum Gasteiger partial charge on any atom is -0.496 e. The summed E-state index contributed by atoms with van der Waals surface area (Å²) in [4.78, 5) is 24.1. The van der Waals surface area contributed by atoms with Gasteiger partial charge in [0, 0.05) is 23.3 Å². The summed E-state index contributed by atoms with van der Waals surface area (Å²) in [6.07, 6.45) is 0. The first kappa shape index (κ1) is 17.5. The summed E-state index contributed by atoms with van der Waals surface area (Å²) in [6, 6.07) is 13.6. The van der Waals surface area contributed by atoms with Crippen molar-refractivity contribution >= 4 is 11.8 Å². The van der Waals surface area contributed by atoms with Gasteiger partial charge < -0.3 is 9.47 Å². The van der Waals surface area contributed by atoms with Crippen molar-refractivity contribution in [3.8, 4) is 5.75 Å². The van der Waals surface area contributed by atoms with Crippen LogP contribution in [0.4, 0.5) is 0 Å². The van der Waals surface area contributed by atoms with Gasteiger partial charge in [-0.1, -0.05) is 18.2 Å². The van der Waals surface area contributed by atoms with Gasteiger partial charge in [0.2, 0.25) is 0 Å². The molecule has 2 aromatic carbocycles. The van der Waals surface area contributed by atoms with E-state index in [1.807, 2.05) is 13.0 Å². The molecule has 0 unspecified atom stereocenters. The Morgan fingerprint density at radius 1 is 0.958 bits per heavy atom. The van der Waals surface area contributed by atoms with Crippen LogP contribution in [-0.4, -0.2) is 25.5 Å². The topological polar surface area (TPSA) is 76.7 Å². The third kappa shape index (κ3) is 4.57. The molecule has 6 heteroatoms. The van der Waals surface area contributed by atoms with Gasteiger partial charge in [-0.2, -0.15) is 0 Å². The first-order valence-electron chi connectivity index (χ1n) is 7.56. The van der Waals surface area contributed by atoms with Crippen LogP contribution in [0.3, 0.4) is 0 Å². The van der Waals surface area contributed by atoms with Gasteiger partial charge in [-0.25, -0.2) is 0 Å². The quantitative estimate of drug-likeness (QED) is 0.798. The molecule has 0 radical (unpaired) electrons. The molecule has 0 spiro atoms. The second-order valence-corrected chi connectivity index (χ2v) is 4.94. The molecule has 0 aliphatic carbocycles. The van der Waals surface area contributed by atoms with Crippen LogP contribution in [0.25, 0.3) is 0 Å². The fourth-order valence-corrected chi connectivity index (χ4v) is 2.09. The minimum absolute atomic E-state index is 0.344. The van der Waals surface area contributed by atoms with Crippen LogP contribution < -0.4 is 15.6 Å². The number of ether oxygens (including phenoxy) is 2. The van der Waals surface area contributed by atoms with Gasteiger partial charge in [0.25, 0.3) is 11.8 Å². The number of rotatable bonds is 6. The number of carbonyl (C=O) groups is 2. The van der Waals surface area contributed by atoms with E-state index in [2.05, 4.69) is 10.9 Å². The van der Waals surface area contributed by atoms with Crippen molar-refractivity contribution in [2.24, 2.45) is 0 Å². The molecule has 0 aliphatic rings. The molecule has 2 amide bonds. The summed E-state index contributed by atoms with van der Waals surface area (Å²) in [5.74, 6) is -0.153. The van der Waals surface area contributed by atoms with E-state index in [9.17, 15) is 9.59 Å². The number of benzene rings is 2. The van der Waals surface area contributed by atoms with Gasteiger partial charge >= 0.3 is 0 Å². The molecule has 0 aliphatic heterocycles. The summed E-state index contributed by atoms with van der Waals surface area (Å²) in [5, 5.41) is 0. The van der Waals surface area contributed by atoms with E-state index in [0.717, 1.165) is 5.56 Å². The highest BCUT2D eigenvalue weighted by Gasteiger charge is 2.12. The molecule has 2 N–H and O–H groups in total. The molecule has 126 valence electrons. The Kier molecular flexibility index (Phi) is 6.33. The van der Waals surface area contributed by atoms with Crippen molar-refractivity contribution < 1.29 is 19.1 Å². The number of nitrogens with one attached hydrogen (secondary N) is 2. The zero-order valence-corrected chi connectivity index (χ0v) is 13.7. The smallest absolute Gasteiger partial charge is 0.269 e. The summed E-state index contributed by atoms with van der Waals surface area (Å²) in [7, 11) is 1.56. The number of hydrogen-bond acceptors (Lipinski definition) is 4. The van der Waals surface area contributed by atoms with Crippen LogP contribution in [0, 0.1) is 0 Å². The van der Waals surface area contributed by atoms with Crippen molar-refractivity contribution in [1.29, 1.82) is 0 Å². The first-order valence-corrected chi connectivity index (χ1v) is 7.56. The average Bonchev–Trinajstić information content (AvgIpc) is 2.64. The standard InChI is InChI=1S/C18H20N2O4/c1-3-24-12-15-11-14(9-10-16(15)23-2)18(22)20-19-17(21)13-7-5-4-6-8-13/h4-11H,3,12H2,1-2H3,(H,19,21)(H,20,22). The lowest BCUT2D eigenvalue weighted by molar-refractivity contribution is 0.0846. The number of methoxy groups -OCH3 is 1. The molecule has 0 saturated heterocycles. The van der Waals surface area contributed by atoms with E-state index in [-0.39, 0.29) is 5.91 Å². The van der Waals surface area contributed by atoms with Gasteiger partial charge in [0.15, 0.2) is 0 Å². The van der Waals surface area contributed by atoms with Gasteiger partial charge in [-0.05, 0) is 37.3 Å². The van der Waals surface area contributed by atoms with E-state index < -0.39 is 5.91 Å². The van der Waals surface area contributed by atoms with Crippen LogP contribution in [0.5, 0.6) is 5.75 Å². The Hall–Kier alpha value is -2.86. The van der Waals surface area contributed by atoms with Crippen LogP contribution in [0.15, 0.2) is 48.5 Å². The lowest BCUT2D eigenvalue weighted by atomic mass is 10.1. The van der Waals surface area contributed by atoms with Crippen LogP contribution in [0.1, 0.15) is 33.2 Å². The third-order valence-electron chi connectivity index (χ3n) is 3.33. The van der Waals surface area contributed by atoms with E-state index in [4.69, 9.17) is 9.47 Å². The Morgan fingerprint density at radius 2 is 1.62 bits per heavy atom. The predicted octanol–water partition coefficient (Wildman–Crippen LogP) is 2.31. The van der Waals surface area contributed by atoms with Crippen molar-refractivity contribution in [2.75, 3.05) is 13.7 Å². The second-order valence-electron chi connectivity index (χ2n) is 4.94. The van der Waals surface area contributed by atoms with Crippen LogP contribution in [0.2, 0.25) is 0 Å². The molecule has 0 heterocycles. The maximum absolute atomic E-state index is 12.2. The molecule has 0 aromatic heterocycles. The molecule has 0 bridgehead atoms. The van der Waals surface area contributed by atoms with Crippen molar-refractivity contribution in [3.63, 3.8) is 0 Å². The summed E-state index contributed by atoms with van der Waals surface area (Å²) >= 11 is 0. The average molecular weight is 328 g/mol. The monoisotopic (exact) mass is 328 g/mol. The SMILES string of the molecule is CCOCc1cc(C(=O)NNC(=O)c2ccccc2)ccc1OC. The normalized spacial score (nSPS) is 10.1. The fourth-order valence-electron chi connectivity index (χ4n) is 2.09. The lowest BCUT2D eigenvalue weighted by Crippen LogP contribution is -2.41. The third-order valence-corrected chi connectivity index (χ3v) is 3.33. The second kappa shape index (κ2) is 8.69. The highest BCUT2D eigenvalue weighted by atomic mass is 16.5. The van der Waals surface area contributed by atoms with Gasteiger partial charge in [-0.15, -0.1) is 0 Å². The Morgan fingerprint density at radius 3 is 2.25 bits per heavy atom. The van der Waals surface area contributed by atoms with Crippen molar-refractivity contribution in [3.05, 3.63) is 65.2 Å². The molecule has 0 saturated carbocycles. The first-order chi connectivity index (χ1) is 11.7. The highest BCUT2D eigenvalue weighted by molar-refractivity contribution is 5.99. The number of carbonyl (C=O) groups excluding carboxylic acids is 2. The molecule has 6 nitrogen and oxygen atoms in total. The summed E-state index contributed by atoms with van der Waals surface area (Å²) in [5.41, 5.74) is 6.41. The maximum atomic E-state index is 12.2. The molecule has 2 aromatic rings. The molecular formula is C18H20N2O4. The highest BCUT2D eigenvalue weighted by Crippen LogP contribution is 2.20. The van der Waals surface area contributed by atoms with Gasteiger partial charge in [0.05, 0.1) is 13.7 Å². The molecule has 0 atom stereocenters. The lowest BCUT2D eigenvalue weighted by Gasteiger charge is -2.11. The minimum atomic E-state index is -0.417. The molecule has 24 heavy (non-hydrogen) atoms. The Labute approximate surface area is 140 Å². The fraction of sp³-hybridized carbons (Fsp3) is 0.222. The van der Waals surface area contributed by atoms with Crippen molar-refractivity contribution in [2.45, 2.75) is 13.5 Å². The Bertz CT molecular complexity index is 701. The van der Waals surface area contributed by atoms with E-state index in [1.54, 1.807) is 49.6 Å². The van der Waals surface area contributed by atoms with Crippen LogP contribution in [-0.2, 0) is 11.3 Å². The van der Waals surface area contributed by atoms with E-state index >= 15 is 0 Å². The van der Waals surface area contributed by atoms with E-state index in [0.29, 0.717) is 30.1 Å². The van der Waals surface area contributed by atoms with Crippen LogP contribution >= 0.6 is 0 Å². The Balaban J connectivity index is 2.02. The number of hydrazine groups is 1. The van der Waals surface area contributed by atoms with Crippen molar-refractivity contribution in [1.82, 2.24) is 10.9 Å². The predicted molar refractivity (Wildman–Crippen MR) is 89.7 cm³/mol. The summed E-state index contributed by atoms with van der Waals surface area (Å²) in [6.45, 7) is 2.80.